The lowest BCUT2D eigenvalue weighted by Gasteiger charge is -2.01. The molecular weight excluding hydrogens is 246 g/mol. The highest BCUT2D eigenvalue weighted by molar-refractivity contribution is 5.46. The van der Waals surface area contributed by atoms with Crippen LogP contribution in [0.4, 0.5) is 0 Å². The summed E-state index contributed by atoms with van der Waals surface area (Å²) in [6.07, 6.45) is 5.30. The van der Waals surface area contributed by atoms with Crippen LogP contribution in [0.15, 0.2) is 29.2 Å². The molecule has 98 valence electrons. The van der Waals surface area contributed by atoms with Crippen molar-refractivity contribution in [2.45, 2.75) is 6.04 Å². The highest BCUT2D eigenvalue weighted by Gasteiger charge is 2.19. The molecule has 0 radical (unpaired) electrons. The van der Waals surface area contributed by atoms with Crippen LogP contribution in [0.25, 0.3) is 11.5 Å². The molecule has 8 heteroatoms. The first-order valence-corrected chi connectivity index (χ1v) is 5.71. The van der Waals surface area contributed by atoms with Gasteiger partial charge in [0.1, 0.15) is 11.7 Å². The van der Waals surface area contributed by atoms with Crippen LogP contribution >= 0.6 is 0 Å². The second-order valence-corrected chi connectivity index (χ2v) is 4.26. The number of aryl methyl sites for hydroxylation is 2. The third-order valence-corrected chi connectivity index (χ3v) is 2.73. The van der Waals surface area contributed by atoms with Gasteiger partial charge in [0, 0.05) is 32.1 Å². The summed E-state index contributed by atoms with van der Waals surface area (Å²) >= 11 is 0. The molecule has 8 nitrogen and oxygen atoms in total. The molecule has 3 heterocycles. The molecule has 1 atom stereocenters. The van der Waals surface area contributed by atoms with Crippen molar-refractivity contribution in [3.8, 4) is 11.5 Å². The monoisotopic (exact) mass is 259 g/mol. The van der Waals surface area contributed by atoms with E-state index in [1.807, 2.05) is 32.6 Å². The van der Waals surface area contributed by atoms with Gasteiger partial charge in [0.15, 0.2) is 0 Å². The average molecular weight is 259 g/mol. The molecule has 3 aromatic rings. The van der Waals surface area contributed by atoms with E-state index in [9.17, 15) is 0 Å². The summed E-state index contributed by atoms with van der Waals surface area (Å²) in [6.45, 7) is 0. The Bertz CT molecular complexity index is 695. The Hall–Kier alpha value is -2.48. The lowest BCUT2D eigenvalue weighted by molar-refractivity contribution is 0.367. The highest BCUT2D eigenvalue weighted by Crippen LogP contribution is 2.20. The number of hydrogen-bond donors (Lipinski definition) is 1. The minimum Gasteiger partial charge on any atom is -0.337 e. The number of nitrogens with zero attached hydrogens (tertiary/aromatic N) is 6. The van der Waals surface area contributed by atoms with Crippen molar-refractivity contribution >= 4 is 0 Å². The van der Waals surface area contributed by atoms with E-state index in [-0.39, 0.29) is 0 Å². The zero-order valence-corrected chi connectivity index (χ0v) is 10.6. The summed E-state index contributed by atoms with van der Waals surface area (Å²) in [5.74, 6) is 0.767. The Morgan fingerprint density at radius 1 is 1.32 bits per heavy atom. The van der Waals surface area contributed by atoms with Crippen LogP contribution in [0.3, 0.4) is 0 Å². The molecule has 2 N–H and O–H groups in total. The fraction of sp³-hybridized carbons (Fsp3) is 0.273. The molecule has 0 aliphatic carbocycles. The summed E-state index contributed by atoms with van der Waals surface area (Å²) in [4.78, 5) is 4.26. The molecule has 0 amide bonds. The molecule has 3 aromatic heterocycles. The van der Waals surface area contributed by atoms with Gasteiger partial charge in [0.2, 0.25) is 11.7 Å². The zero-order valence-electron chi connectivity index (χ0n) is 10.6. The van der Waals surface area contributed by atoms with Gasteiger partial charge in [-0.2, -0.15) is 15.2 Å². The number of hydrogen-bond acceptors (Lipinski definition) is 6. The van der Waals surface area contributed by atoms with Crippen molar-refractivity contribution in [2.24, 2.45) is 19.8 Å². The van der Waals surface area contributed by atoms with Gasteiger partial charge in [-0.15, -0.1) is 0 Å². The van der Waals surface area contributed by atoms with Crippen LogP contribution in [0.5, 0.6) is 0 Å². The molecule has 0 saturated heterocycles. The van der Waals surface area contributed by atoms with Crippen LogP contribution in [0.1, 0.15) is 17.5 Å². The topological polar surface area (TPSA) is 101 Å². The van der Waals surface area contributed by atoms with E-state index in [0.29, 0.717) is 17.4 Å². The molecule has 3 rings (SSSR count). The van der Waals surface area contributed by atoms with E-state index in [2.05, 4.69) is 20.3 Å². The van der Waals surface area contributed by atoms with Crippen LogP contribution in [0, 0.1) is 0 Å². The highest BCUT2D eigenvalue weighted by atomic mass is 16.5. The maximum absolute atomic E-state index is 6.05. The molecule has 1 unspecified atom stereocenters. The van der Waals surface area contributed by atoms with Gasteiger partial charge >= 0.3 is 0 Å². The molecular formula is C11H13N7O. The van der Waals surface area contributed by atoms with Gasteiger partial charge in [0.25, 0.3) is 0 Å². The first-order valence-electron chi connectivity index (χ1n) is 5.71. The van der Waals surface area contributed by atoms with Crippen molar-refractivity contribution in [1.29, 1.82) is 0 Å². The van der Waals surface area contributed by atoms with E-state index in [1.54, 1.807) is 15.6 Å². The minimum atomic E-state index is -0.487. The SMILES string of the molecule is Cn1cc(C(N)c2nc(-c3ccn(C)n3)no2)cn1. The Morgan fingerprint density at radius 2 is 2.16 bits per heavy atom. The smallest absolute Gasteiger partial charge is 0.248 e. The molecule has 0 spiro atoms. The van der Waals surface area contributed by atoms with Gasteiger partial charge in [-0.25, -0.2) is 0 Å². The van der Waals surface area contributed by atoms with Crippen LogP contribution in [-0.2, 0) is 14.1 Å². The third kappa shape index (κ3) is 2.13. The summed E-state index contributed by atoms with van der Waals surface area (Å²) in [5.41, 5.74) is 7.52. The van der Waals surface area contributed by atoms with Crippen molar-refractivity contribution in [1.82, 2.24) is 29.7 Å². The predicted octanol–water partition coefficient (Wildman–Crippen LogP) is 0.252. The molecule has 0 aliphatic heterocycles. The van der Waals surface area contributed by atoms with Crippen molar-refractivity contribution < 1.29 is 4.52 Å². The van der Waals surface area contributed by atoms with E-state index < -0.39 is 6.04 Å². The summed E-state index contributed by atoms with van der Waals surface area (Å²) in [6, 6.07) is 1.32. The minimum absolute atomic E-state index is 0.341. The summed E-state index contributed by atoms with van der Waals surface area (Å²) < 4.78 is 8.53. The van der Waals surface area contributed by atoms with Gasteiger partial charge in [-0.1, -0.05) is 5.16 Å². The Kier molecular flexibility index (Phi) is 2.64. The standard InChI is InChI=1S/C11H13N7O/c1-17-4-3-8(15-17)10-14-11(19-16-10)9(12)7-5-13-18(2)6-7/h3-6,9H,12H2,1-2H3. The van der Waals surface area contributed by atoms with Crippen molar-refractivity contribution in [3.63, 3.8) is 0 Å². The van der Waals surface area contributed by atoms with E-state index in [1.165, 1.54) is 0 Å². The number of rotatable bonds is 3. The summed E-state index contributed by atoms with van der Waals surface area (Å²) in [7, 11) is 3.65. The second-order valence-electron chi connectivity index (χ2n) is 4.26. The number of aromatic nitrogens is 6. The maximum atomic E-state index is 6.05. The summed E-state index contributed by atoms with van der Waals surface area (Å²) in [5, 5.41) is 12.2. The first kappa shape index (κ1) is 11.6. The fourth-order valence-corrected chi connectivity index (χ4v) is 1.74. The molecule has 0 aliphatic rings. The fourth-order valence-electron chi connectivity index (χ4n) is 1.74. The van der Waals surface area contributed by atoms with Crippen molar-refractivity contribution in [3.05, 3.63) is 36.1 Å². The largest absolute Gasteiger partial charge is 0.337 e. The Balaban J connectivity index is 1.89. The average Bonchev–Trinajstić information content (AvgIpc) is 3.07. The second kappa shape index (κ2) is 4.32. The van der Waals surface area contributed by atoms with Gasteiger partial charge in [-0.3, -0.25) is 9.36 Å². The molecule has 0 saturated carbocycles. The van der Waals surface area contributed by atoms with Crippen LogP contribution < -0.4 is 5.73 Å². The zero-order chi connectivity index (χ0) is 13.4. The molecule has 0 aromatic carbocycles. The molecule has 0 bridgehead atoms. The predicted molar refractivity (Wildman–Crippen MR) is 65.7 cm³/mol. The van der Waals surface area contributed by atoms with Gasteiger partial charge in [0.05, 0.1) is 6.20 Å². The quantitative estimate of drug-likeness (QED) is 0.723. The van der Waals surface area contributed by atoms with Crippen LogP contribution in [0.2, 0.25) is 0 Å². The van der Waals surface area contributed by atoms with E-state index >= 15 is 0 Å². The maximum Gasteiger partial charge on any atom is 0.248 e. The van der Waals surface area contributed by atoms with Crippen LogP contribution in [-0.4, -0.2) is 29.7 Å². The lowest BCUT2D eigenvalue weighted by atomic mass is 10.2. The molecule has 19 heavy (non-hydrogen) atoms. The number of nitrogens with two attached hydrogens (primary N) is 1. The lowest BCUT2D eigenvalue weighted by Crippen LogP contribution is -2.11. The molecule has 0 fully saturated rings. The van der Waals surface area contributed by atoms with Gasteiger partial charge < -0.3 is 10.3 Å². The van der Waals surface area contributed by atoms with E-state index in [4.69, 9.17) is 10.3 Å². The van der Waals surface area contributed by atoms with Crippen molar-refractivity contribution in [2.75, 3.05) is 0 Å². The van der Waals surface area contributed by atoms with Gasteiger partial charge in [-0.05, 0) is 6.07 Å². The third-order valence-electron chi connectivity index (χ3n) is 2.73. The first-order chi connectivity index (χ1) is 9.13. The van der Waals surface area contributed by atoms with E-state index in [0.717, 1.165) is 5.56 Å². The Labute approximate surface area is 108 Å². The normalized spacial score (nSPS) is 12.8. The Morgan fingerprint density at radius 3 is 2.79 bits per heavy atom.